The number of hydrogen-bond acceptors (Lipinski definition) is 3. The van der Waals surface area contributed by atoms with E-state index in [0.29, 0.717) is 6.10 Å². The molecule has 2 rings (SSSR count). The van der Waals surface area contributed by atoms with Crippen molar-refractivity contribution >= 4 is 0 Å². The molecule has 1 aliphatic heterocycles. The molecule has 1 heterocycles. The van der Waals surface area contributed by atoms with Gasteiger partial charge in [-0.1, -0.05) is 12.1 Å². The molecule has 1 aliphatic rings. The monoisotopic (exact) mass is 264 g/mol. The molecule has 1 aromatic rings. The molecular weight excluding hydrogens is 240 g/mol. The second-order valence-electron chi connectivity index (χ2n) is 5.31. The summed E-state index contributed by atoms with van der Waals surface area (Å²) >= 11 is 0. The van der Waals surface area contributed by atoms with Crippen LogP contribution in [0, 0.1) is 6.92 Å². The maximum atomic E-state index is 10.2. The van der Waals surface area contributed by atoms with E-state index in [1.165, 1.54) is 12.8 Å². The van der Waals surface area contributed by atoms with Gasteiger partial charge < -0.3 is 14.6 Å². The van der Waals surface area contributed by atoms with Gasteiger partial charge in [-0.2, -0.15) is 0 Å². The van der Waals surface area contributed by atoms with Gasteiger partial charge in [0.15, 0.2) is 0 Å². The molecule has 106 valence electrons. The summed E-state index contributed by atoms with van der Waals surface area (Å²) in [4.78, 5) is 0. The second kappa shape index (κ2) is 6.92. The number of rotatable bonds is 6. The van der Waals surface area contributed by atoms with Crippen molar-refractivity contribution in [1.29, 1.82) is 0 Å². The molecule has 0 bridgehead atoms. The van der Waals surface area contributed by atoms with Gasteiger partial charge in [0.2, 0.25) is 0 Å². The Balaban J connectivity index is 1.83. The third-order valence-corrected chi connectivity index (χ3v) is 3.84. The fourth-order valence-corrected chi connectivity index (χ4v) is 2.62. The van der Waals surface area contributed by atoms with Gasteiger partial charge in [0, 0.05) is 6.61 Å². The first-order chi connectivity index (χ1) is 9.20. The van der Waals surface area contributed by atoms with Crippen LogP contribution in [-0.2, 0) is 4.74 Å². The van der Waals surface area contributed by atoms with Crippen LogP contribution in [0.2, 0.25) is 0 Å². The molecule has 2 atom stereocenters. The highest BCUT2D eigenvalue weighted by Crippen LogP contribution is 2.27. The molecule has 2 unspecified atom stereocenters. The van der Waals surface area contributed by atoms with Crippen LogP contribution in [0.1, 0.15) is 49.3 Å². The molecular formula is C16H24O3. The van der Waals surface area contributed by atoms with Crippen LogP contribution >= 0.6 is 0 Å². The molecule has 0 radical (unpaired) electrons. The molecule has 0 amide bonds. The zero-order valence-corrected chi connectivity index (χ0v) is 11.9. The van der Waals surface area contributed by atoms with Gasteiger partial charge in [-0.05, 0) is 56.2 Å². The molecule has 0 aliphatic carbocycles. The Labute approximate surface area is 115 Å². The summed E-state index contributed by atoms with van der Waals surface area (Å²) in [5, 5.41) is 10.2. The average Bonchev–Trinajstić information content (AvgIpc) is 2.92. The van der Waals surface area contributed by atoms with E-state index in [2.05, 4.69) is 0 Å². The first kappa shape index (κ1) is 14.4. The molecule has 1 fully saturated rings. The number of aryl methyl sites for hydroxylation is 1. The highest BCUT2D eigenvalue weighted by molar-refractivity contribution is 5.37. The number of hydrogen-bond donors (Lipinski definition) is 1. The van der Waals surface area contributed by atoms with E-state index in [4.69, 9.17) is 9.47 Å². The fraction of sp³-hybridized carbons (Fsp3) is 0.625. The fourth-order valence-electron chi connectivity index (χ4n) is 2.62. The van der Waals surface area contributed by atoms with Crippen molar-refractivity contribution in [2.24, 2.45) is 0 Å². The van der Waals surface area contributed by atoms with Crippen molar-refractivity contribution in [3.8, 4) is 5.75 Å². The largest absolute Gasteiger partial charge is 0.496 e. The SMILES string of the molecule is COc1cc(C(O)CCCC2CCCO2)ccc1C. The van der Waals surface area contributed by atoms with Crippen molar-refractivity contribution in [3.63, 3.8) is 0 Å². The lowest BCUT2D eigenvalue weighted by Gasteiger charge is -2.15. The smallest absolute Gasteiger partial charge is 0.122 e. The van der Waals surface area contributed by atoms with Crippen LogP contribution in [0.4, 0.5) is 0 Å². The van der Waals surface area contributed by atoms with Crippen LogP contribution in [-0.4, -0.2) is 24.9 Å². The van der Waals surface area contributed by atoms with E-state index in [1.54, 1.807) is 7.11 Å². The van der Waals surface area contributed by atoms with Gasteiger partial charge in [-0.15, -0.1) is 0 Å². The Kier molecular flexibility index (Phi) is 5.23. The highest BCUT2D eigenvalue weighted by Gasteiger charge is 2.16. The third kappa shape index (κ3) is 3.95. The Morgan fingerprint density at radius 1 is 1.47 bits per heavy atom. The van der Waals surface area contributed by atoms with Crippen molar-refractivity contribution < 1.29 is 14.6 Å². The van der Waals surface area contributed by atoms with Crippen LogP contribution in [0.25, 0.3) is 0 Å². The lowest BCUT2D eigenvalue weighted by molar-refractivity contribution is 0.0944. The predicted molar refractivity (Wildman–Crippen MR) is 75.5 cm³/mol. The van der Waals surface area contributed by atoms with Crippen molar-refractivity contribution in [2.75, 3.05) is 13.7 Å². The van der Waals surface area contributed by atoms with Crippen molar-refractivity contribution in [1.82, 2.24) is 0 Å². The molecule has 0 saturated carbocycles. The average molecular weight is 264 g/mol. The zero-order chi connectivity index (χ0) is 13.7. The van der Waals surface area contributed by atoms with Crippen LogP contribution in [0.15, 0.2) is 18.2 Å². The first-order valence-electron chi connectivity index (χ1n) is 7.15. The minimum absolute atomic E-state index is 0.407. The normalized spacial score (nSPS) is 20.5. The number of ether oxygens (including phenoxy) is 2. The van der Waals surface area contributed by atoms with Gasteiger partial charge in [0.25, 0.3) is 0 Å². The van der Waals surface area contributed by atoms with E-state index >= 15 is 0 Å². The second-order valence-corrected chi connectivity index (χ2v) is 5.31. The van der Waals surface area contributed by atoms with E-state index in [1.807, 2.05) is 25.1 Å². The quantitative estimate of drug-likeness (QED) is 0.856. The molecule has 3 nitrogen and oxygen atoms in total. The van der Waals surface area contributed by atoms with Crippen LogP contribution in [0.3, 0.4) is 0 Å². The lowest BCUT2D eigenvalue weighted by Crippen LogP contribution is -2.06. The van der Waals surface area contributed by atoms with Gasteiger partial charge in [-0.25, -0.2) is 0 Å². The molecule has 1 aromatic carbocycles. The summed E-state index contributed by atoms with van der Waals surface area (Å²) in [7, 11) is 1.66. The van der Waals surface area contributed by atoms with Crippen LogP contribution in [0.5, 0.6) is 5.75 Å². The van der Waals surface area contributed by atoms with Gasteiger partial charge in [0.05, 0.1) is 19.3 Å². The Bertz CT molecular complexity index is 397. The third-order valence-electron chi connectivity index (χ3n) is 3.84. The minimum Gasteiger partial charge on any atom is -0.496 e. The maximum Gasteiger partial charge on any atom is 0.122 e. The van der Waals surface area contributed by atoms with Crippen molar-refractivity contribution in [3.05, 3.63) is 29.3 Å². The van der Waals surface area contributed by atoms with E-state index in [-0.39, 0.29) is 0 Å². The van der Waals surface area contributed by atoms with Gasteiger partial charge >= 0.3 is 0 Å². The van der Waals surface area contributed by atoms with Gasteiger partial charge in [-0.3, -0.25) is 0 Å². The number of benzene rings is 1. The topological polar surface area (TPSA) is 38.7 Å². The van der Waals surface area contributed by atoms with Gasteiger partial charge in [0.1, 0.15) is 5.75 Å². The summed E-state index contributed by atoms with van der Waals surface area (Å²) in [6.07, 6.45) is 5.21. The van der Waals surface area contributed by atoms with E-state index in [0.717, 1.165) is 42.7 Å². The number of aliphatic hydroxyl groups excluding tert-OH is 1. The Hall–Kier alpha value is -1.06. The van der Waals surface area contributed by atoms with Crippen molar-refractivity contribution in [2.45, 2.75) is 51.2 Å². The maximum absolute atomic E-state index is 10.2. The molecule has 3 heteroatoms. The Morgan fingerprint density at radius 2 is 2.32 bits per heavy atom. The summed E-state index contributed by atoms with van der Waals surface area (Å²) in [5.41, 5.74) is 2.03. The minimum atomic E-state index is -0.407. The predicted octanol–water partition coefficient (Wildman–Crippen LogP) is 3.39. The van der Waals surface area contributed by atoms with Crippen LogP contribution < -0.4 is 4.74 Å². The molecule has 0 spiro atoms. The lowest BCUT2D eigenvalue weighted by atomic mass is 10.0. The number of aliphatic hydroxyl groups is 1. The zero-order valence-electron chi connectivity index (χ0n) is 11.9. The summed E-state index contributed by atoms with van der Waals surface area (Å²) in [5.74, 6) is 0.843. The highest BCUT2D eigenvalue weighted by atomic mass is 16.5. The van der Waals surface area contributed by atoms with E-state index in [9.17, 15) is 5.11 Å². The standard InChI is InChI=1S/C16H24O3/c1-12-8-9-13(11-16(12)18-2)15(17)7-3-5-14-6-4-10-19-14/h8-9,11,14-15,17H,3-7,10H2,1-2H3. The molecule has 19 heavy (non-hydrogen) atoms. The molecule has 1 saturated heterocycles. The molecule has 0 aromatic heterocycles. The first-order valence-corrected chi connectivity index (χ1v) is 7.15. The summed E-state index contributed by atoms with van der Waals surface area (Å²) in [6, 6.07) is 5.91. The number of methoxy groups -OCH3 is 1. The summed E-state index contributed by atoms with van der Waals surface area (Å²) in [6.45, 7) is 2.91. The Morgan fingerprint density at radius 3 is 3.00 bits per heavy atom. The van der Waals surface area contributed by atoms with E-state index < -0.39 is 6.10 Å². The molecule has 1 N–H and O–H groups in total. The summed E-state index contributed by atoms with van der Waals surface area (Å²) < 4.78 is 10.9.